The first-order chi connectivity index (χ1) is 9.19. The molecule has 2 aromatic heterocycles. The van der Waals surface area contributed by atoms with Gasteiger partial charge in [-0.2, -0.15) is 0 Å². The molecule has 0 amide bonds. The van der Waals surface area contributed by atoms with Gasteiger partial charge in [0.2, 0.25) is 5.95 Å². The Morgan fingerprint density at radius 2 is 2.32 bits per heavy atom. The van der Waals surface area contributed by atoms with E-state index in [-0.39, 0.29) is 0 Å². The van der Waals surface area contributed by atoms with Gasteiger partial charge in [-0.25, -0.2) is 9.97 Å². The first-order valence-corrected chi connectivity index (χ1v) is 7.44. The van der Waals surface area contributed by atoms with Gasteiger partial charge in [-0.3, -0.25) is 0 Å². The fourth-order valence-corrected chi connectivity index (χ4v) is 3.60. The van der Waals surface area contributed by atoms with E-state index in [9.17, 15) is 0 Å². The number of fused-ring (bicyclic) bond motifs is 1. The van der Waals surface area contributed by atoms with Crippen LogP contribution in [0.25, 0.3) is 0 Å². The minimum absolute atomic E-state index is 0.336. The van der Waals surface area contributed by atoms with E-state index in [4.69, 9.17) is 5.73 Å². The van der Waals surface area contributed by atoms with E-state index in [1.807, 2.05) is 24.3 Å². The molecule has 3 heterocycles. The number of aromatic nitrogens is 2. The summed E-state index contributed by atoms with van der Waals surface area (Å²) in [4.78, 5) is 12.9. The van der Waals surface area contributed by atoms with Crippen LogP contribution in [-0.4, -0.2) is 16.5 Å². The van der Waals surface area contributed by atoms with Crippen LogP contribution in [0.1, 0.15) is 34.8 Å². The zero-order chi connectivity index (χ0) is 13.4. The van der Waals surface area contributed by atoms with E-state index in [2.05, 4.69) is 33.2 Å². The minimum Gasteiger partial charge on any atom is -0.334 e. The van der Waals surface area contributed by atoms with Crippen LogP contribution in [0.3, 0.4) is 0 Å². The summed E-state index contributed by atoms with van der Waals surface area (Å²) in [7, 11) is 0. The lowest BCUT2D eigenvalue weighted by Gasteiger charge is -2.33. The Kier molecular flexibility index (Phi) is 3.24. The van der Waals surface area contributed by atoms with Crippen molar-refractivity contribution < 1.29 is 0 Å². The average Bonchev–Trinajstić information content (AvgIpc) is 2.87. The molecule has 0 aliphatic carbocycles. The Bertz CT molecular complexity index is 593. The third-order valence-corrected chi connectivity index (χ3v) is 4.64. The molecule has 4 nitrogen and oxygen atoms in total. The molecule has 100 valence electrons. The summed E-state index contributed by atoms with van der Waals surface area (Å²) >= 11 is 1.85. The molecule has 0 saturated carbocycles. The predicted octanol–water partition coefficient (Wildman–Crippen LogP) is 2.43. The second-order valence-corrected chi connectivity index (χ2v) is 5.92. The maximum atomic E-state index is 5.70. The molecule has 0 radical (unpaired) electrons. The van der Waals surface area contributed by atoms with Gasteiger partial charge < -0.3 is 10.6 Å². The van der Waals surface area contributed by atoms with Crippen LogP contribution in [0, 0.1) is 6.92 Å². The molecule has 19 heavy (non-hydrogen) atoms. The van der Waals surface area contributed by atoms with Crippen molar-refractivity contribution in [3.05, 3.63) is 39.3 Å². The lowest BCUT2D eigenvalue weighted by atomic mass is 10.0. The number of rotatable bonds is 2. The van der Waals surface area contributed by atoms with E-state index < -0.39 is 0 Å². The number of anilines is 1. The molecule has 1 aliphatic heterocycles. The van der Waals surface area contributed by atoms with Crippen molar-refractivity contribution in [3.8, 4) is 0 Å². The summed E-state index contributed by atoms with van der Waals surface area (Å²) in [6.07, 6.45) is 1.08. The van der Waals surface area contributed by atoms with Crippen molar-refractivity contribution in [3.63, 3.8) is 0 Å². The monoisotopic (exact) mass is 274 g/mol. The molecule has 0 spiro atoms. The topological polar surface area (TPSA) is 55.0 Å². The van der Waals surface area contributed by atoms with E-state index in [1.165, 1.54) is 10.4 Å². The smallest absolute Gasteiger partial charge is 0.226 e. The van der Waals surface area contributed by atoms with Gasteiger partial charge >= 0.3 is 0 Å². The van der Waals surface area contributed by atoms with Crippen LogP contribution in [0.2, 0.25) is 0 Å². The van der Waals surface area contributed by atoms with E-state index in [0.717, 1.165) is 30.3 Å². The molecule has 2 aromatic rings. The lowest BCUT2D eigenvalue weighted by molar-refractivity contribution is 0.612. The molecular weight excluding hydrogens is 256 g/mol. The summed E-state index contributed by atoms with van der Waals surface area (Å²) in [5, 5.41) is 2.17. The molecular formula is C14H18N4S. The summed E-state index contributed by atoms with van der Waals surface area (Å²) in [6.45, 7) is 5.65. The number of aryl methyl sites for hydroxylation is 1. The van der Waals surface area contributed by atoms with Crippen LogP contribution < -0.4 is 10.6 Å². The average molecular weight is 274 g/mol. The third-order valence-electron chi connectivity index (χ3n) is 3.64. The van der Waals surface area contributed by atoms with E-state index in [0.29, 0.717) is 12.6 Å². The Morgan fingerprint density at radius 3 is 3.11 bits per heavy atom. The van der Waals surface area contributed by atoms with E-state index >= 15 is 0 Å². The number of nitrogens with zero attached hydrogens (tertiary/aromatic N) is 3. The van der Waals surface area contributed by atoms with Gasteiger partial charge in [-0.05, 0) is 43.3 Å². The van der Waals surface area contributed by atoms with Crippen molar-refractivity contribution in [2.45, 2.75) is 32.9 Å². The molecule has 0 aromatic carbocycles. The Morgan fingerprint density at radius 1 is 1.47 bits per heavy atom. The van der Waals surface area contributed by atoms with Gasteiger partial charge in [-0.15, -0.1) is 11.3 Å². The fraction of sp³-hybridized carbons (Fsp3) is 0.429. The molecule has 0 bridgehead atoms. The quantitative estimate of drug-likeness (QED) is 0.914. The minimum atomic E-state index is 0.336. The Hall–Kier alpha value is -1.46. The molecule has 5 heteroatoms. The van der Waals surface area contributed by atoms with Crippen LogP contribution in [0.15, 0.2) is 17.5 Å². The summed E-state index contributed by atoms with van der Waals surface area (Å²) in [5.74, 6) is 0.810. The van der Waals surface area contributed by atoms with Crippen molar-refractivity contribution in [2.24, 2.45) is 5.73 Å². The van der Waals surface area contributed by atoms with Crippen LogP contribution in [-0.2, 0) is 13.0 Å². The second-order valence-electron chi connectivity index (χ2n) is 4.92. The van der Waals surface area contributed by atoms with Gasteiger partial charge in [0.15, 0.2) is 0 Å². The van der Waals surface area contributed by atoms with Crippen molar-refractivity contribution in [1.29, 1.82) is 0 Å². The maximum Gasteiger partial charge on any atom is 0.226 e. The molecule has 1 aliphatic rings. The zero-order valence-electron chi connectivity index (χ0n) is 11.3. The lowest BCUT2D eigenvalue weighted by Crippen LogP contribution is -2.34. The predicted molar refractivity (Wildman–Crippen MR) is 78.4 cm³/mol. The molecule has 0 fully saturated rings. The number of hydrogen-bond donors (Lipinski definition) is 1. The van der Waals surface area contributed by atoms with Crippen molar-refractivity contribution in [2.75, 3.05) is 11.4 Å². The molecule has 0 saturated heterocycles. The first kappa shape index (κ1) is 12.6. The third kappa shape index (κ3) is 2.24. The zero-order valence-corrected chi connectivity index (χ0v) is 12.1. The number of thiophene rings is 1. The van der Waals surface area contributed by atoms with Gasteiger partial charge in [0.05, 0.1) is 11.7 Å². The summed E-state index contributed by atoms with van der Waals surface area (Å²) in [5.41, 5.74) is 9.01. The fourth-order valence-electron chi connectivity index (χ4n) is 2.63. The highest BCUT2D eigenvalue weighted by atomic mass is 32.1. The summed E-state index contributed by atoms with van der Waals surface area (Å²) in [6, 6.07) is 4.51. The number of hydrogen-bond acceptors (Lipinski definition) is 5. The van der Waals surface area contributed by atoms with Gasteiger partial charge in [0, 0.05) is 23.7 Å². The van der Waals surface area contributed by atoms with Gasteiger partial charge in [0.25, 0.3) is 0 Å². The van der Waals surface area contributed by atoms with Crippen LogP contribution in [0.4, 0.5) is 5.95 Å². The Labute approximate surface area is 117 Å². The van der Waals surface area contributed by atoms with Crippen LogP contribution >= 0.6 is 11.3 Å². The molecule has 1 atom stereocenters. The van der Waals surface area contributed by atoms with Crippen molar-refractivity contribution >= 4 is 17.3 Å². The highest BCUT2D eigenvalue weighted by Gasteiger charge is 2.26. The van der Waals surface area contributed by atoms with Crippen molar-refractivity contribution in [1.82, 2.24) is 9.97 Å². The molecule has 1 unspecified atom stereocenters. The highest BCUT2D eigenvalue weighted by Crippen LogP contribution is 2.34. The molecule has 3 rings (SSSR count). The maximum absolute atomic E-state index is 5.70. The summed E-state index contributed by atoms with van der Waals surface area (Å²) < 4.78 is 0. The van der Waals surface area contributed by atoms with Gasteiger partial charge in [-0.1, -0.05) is 0 Å². The largest absolute Gasteiger partial charge is 0.334 e. The first-order valence-electron chi connectivity index (χ1n) is 6.56. The second kappa shape index (κ2) is 4.90. The normalized spacial score (nSPS) is 18.5. The van der Waals surface area contributed by atoms with Crippen LogP contribution in [0.5, 0.6) is 0 Å². The van der Waals surface area contributed by atoms with Gasteiger partial charge in [0.1, 0.15) is 0 Å². The highest BCUT2D eigenvalue weighted by molar-refractivity contribution is 7.10. The van der Waals surface area contributed by atoms with E-state index in [1.54, 1.807) is 0 Å². The Balaban J connectivity index is 1.97. The number of nitrogens with two attached hydrogens (primary N) is 1. The SMILES string of the molecule is Cc1cc(CN)nc(N2CCc3sccc3C2C)n1. The standard InChI is InChI=1S/C14H18N4S/c1-9-7-11(8-15)17-14(16-9)18-5-3-13-12(10(18)2)4-6-19-13/h4,6-7,10H,3,5,8,15H2,1-2H3. The molecule has 2 N–H and O–H groups in total.